The van der Waals surface area contributed by atoms with Crippen molar-refractivity contribution in [3.8, 4) is 0 Å². The second-order valence-corrected chi connectivity index (χ2v) is 8.49. The van der Waals surface area contributed by atoms with E-state index in [9.17, 15) is 12.8 Å². The Bertz CT molecular complexity index is 589. The molecule has 0 radical (unpaired) electrons. The average Bonchev–Trinajstić information content (AvgIpc) is 2.50. The molecular weight excluding hydrogens is 337 g/mol. The van der Waals surface area contributed by atoms with Crippen molar-refractivity contribution in [3.05, 3.63) is 30.1 Å². The lowest BCUT2D eigenvalue weighted by molar-refractivity contribution is 0.598. The summed E-state index contributed by atoms with van der Waals surface area (Å²) in [5.74, 6) is 1.54. The minimum absolute atomic E-state index is 0.172. The first-order valence-corrected chi connectivity index (χ1v) is 10.5. The lowest BCUT2D eigenvalue weighted by Crippen LogP contribution is -2.38. The third-order valence-electron chi connectivity index (χ3n) is 2.90. The third-order valence-corrected chi connectivity index (χ3v) is 5.03. The summed E-state index contributed by atoms with van der Waals surface area (Å²) in [5, 5.41) is 6.26. The lowest BCUT2D eigenvalue weighted by atomic mass is 10.4. The highest BCUT2D eigenvalue weighted by Crippen LogP contribution is 2.18. The standard InChI is InChI=1S/C15H24FN3O2S2/c1-17-15(19-10-4-12-23(2,20)21)18-9-3-11-22-14-7-5-13(16)6-8-14/h5-8H,3-4,9-12H2,1-2H3,(H2,17,18,19). The summed E-state index contributed by atoms with van der Waals surface area (Å²) >= 11 is 1.68. The largest absolute Gasteiger partial charge is 0.356 e. The van der Waals surface area contributed by atoms with Gasteiger partial charge in [0.15, 0.2) is 5.96 Å². The van der Waals surface area contributed by atoms with Crippen LogP contribution in [0.4, 0.5) is 4.39 Å². The van der Waals surface area contributed by atoms with Gasteiger partial charge in [-0.25, -0.2) is 12.8 Å². The van der Waals surface area contributed by atoms with E-state index in [4.69, 9.17) is 0 Å². The molecule has 0 aliphatic heterocycles. The summed E-state index contributed by atoms with van der Waals surface area (Å²) in [6.07, 6.45) is 2.73. The summed E-state index contributed by atoms with van der Waals surface area (Å²) in [7, 11) is -1.23. The highest BCUT2D eigenvalue weighted by atomic mass is 32.2. The Hall–Kier alpha value is -1.28. The van der Waals surface area contributed by atoms with Gasteiger partial charge in [-0.1, -0.05) is 0 Å². The Balaban J connectivity index is 2.11. The lowest BCUT2D eigenvalue weighted by Gasteiger charge is -2.11. The molecule has 0 spiro atoms. The number of thioether (sulfide) groups is 1. The number of benzene rings is 1. The van der Waals surface area contributed by atoms with Gasteiger partial charge in [0.1, 0.15) is 15.7 Å². The van der Waals surface area contributed by atoms with E-state index < -0.39 is 9.84 Å². The Kier molecular flexibility index (Phi) is 9.01. The third kappa shape index (κ3) is 10.2. The summed E-state index contributed by atoms with van der Waals surface area (Å²) in [5.41, 5.74) is 0. The Morgan fingerprint density at radius 3 is 2.35 bits per heavy atom. The fourth-order valence-electron chi connectivity index (χ4n) is 1.76. The minimum atomic E-state index is -2.91. The van der Waals surface area contributed by atoms with Crippen molar-refractivity contribution in [2.45, 2.75) is 17.7 Å². The van der Waals surface area contributed by atoms with Crippen molar-refractivity contribution >= 4 is 27.6 Å². The number of sulfone groups is 1. The predicted molar refractivity (Wildman–Crippen MR) is 95.4 cm³/mol. The number of hydrogen-bond acceptors (Lipinski definition) is 4. The molecule has 0 amide bonds. The van der Waals surface area contributed by atoms with Gasteiger partial charge in [-0.15, -0.1) is 11.8 Å². The van der Waals surface area contributed by atoms with E-state index in [1.807, 2.05) is 0 Å². The molecule has 0 aliphatic carbocycles. The minimum Gasteiger partial charge on any atom is -0.356 e. The van der Waals surface area contributed by atoms with Crippen molar-refractivity contribution < 1.29 is 12.8 Å². The topological polar surface area (TPSA) is 70.6 Å². The molecule has 1 aromatic rings. The van der Waals surface area contributed by atoms with Crippen LogP contribution in [-0.4, -0.2) is 52.3 Å². The fourth-order valence-corrected chi connectivity index (χ4v) is 3.28. The van der Waals surface area contributed by atoms with Crippen LogP contribution in [0, 0.1) is 5.82 Å². The van der Waals surface area contributed by atoms with Gasteiger partial charge in [-0.2, -0.15) is 0 Å². The van der Waals surface area contributed by atoms with Crippen LogP contribution in [0.25, 0.3) is 0 Å². The van der Waals surface area contributed by atoms with Crippen LogP contribution in [0.2, 0.25) is 0 Å². The van der Waals surface area contributed by atoms with Gasteiger partial charge in [0.25, 0.3) is 0 Å². The van der Waals surface area contributed by atoms with E-state index in [-0.39, 0.29) is 11.6 Å². The van der Waals surface area contributed by atoms with E-state index in [1.54, 1.807) is 30.9 Å². The van der Waals surface area contributed by atoms with E-state index >= 15 is 0 Å². The van der Waals surface area contributed by atoms with E-state index in [1.165, 1.54) is 18.4 Å². The van der Waals surface area contributed by atoms with Crippen LogP contribution >= 0.6 is 11.8 Å². The first-order chi connectivity index (χ1) is 10.9. The molecule has 0 heterocycles. The van der Waals surface area contributed by atoms with Gasteiger partial charge in [0, 0.05) is 31.3 Å². The van der Waals surface area contributed by atoms with Gasteiger partial charge in [-0.05, 0) is 42.9 Å². The van der Waals surface area contributed by atoms with E-state index in [2.05, 4.69) is 15.6 Å². The second kappa shape index (κ2) is 10.5. The summed E-state index contributed by atoms with van der Waals surface area (Å²) < 4.78 is 34.8. The number of hydrogen-bond donors (Lipinski definition) is 2. The summed E-state index contributed by atoms with van der Waals surface area (Å²) in [6.45, 7) is 1.33. The van der Waals surface area contributed by atoms with E-state index in [0.29, 0.717) is 18.9 Å². The maximum absolute atomic E-state index is 12.8. The molecule has 1 rings (SSSR count). The SMILES string of the molecule is CN=C(NCCCSc1ccc(F)cc1)NCCCS(C)(=O)=O. The van der Waals surface area contributed by atoms with Gasteiger partial charge in [0.2, 0.25) is 0 Å². The second-order valence-electron chi connectivity index (χ2n) is 5.07. The molecule has 2 N–H and O–H groups in total. The van der Waals surface area contributed by atoms with Crippen molar-refractivity contribution in [2.75, 3.05) is 37.9 Å². The number of guanidine groups is 1. The average molecular weight is 362 g/mol. The highest BCUT2D eigenvalue weighted by Gasteiger charge is 2.02. The molecule has 0 unspecified atom stereocenters. The first-order valence-electron chi connectivity index (χ1n) is 7.41. The summed E-state index contributed by atoms with van der Waals surface area (Å²) in [6, 6.07) is 6.47. The zero-order valence-electron chi connectivity index (χ0n) is 13.5. The molecule has 0 aromatic heterocycles. The molecule has 130 valence electrons. The van der Waals surface area contributed by atoms with Crippen molar-refractivity contribution in [3.63, 3.8) is 0 Å². The number of nitrogens with one attached hydrogen (secondary N) is 2. The quantitative estimate of drug-likeness (QED) is 0.304. The molecular formula is C15H24FN3O2S2. The normalized spacial score (nSPS) is 12.2. The molecule has 23 heavy (non-hydrogen) atoms. The van der Waals surface area contributed by atoms with Crippen LogP contribution in [-0.2, 0) is 9.84 Å². The summed E-state index contributed by atoms with van der Waals surface area (Å²) in [4.78, 5) is 5.13. The molecule has 0 saturated carbocycles. The van der Waals surface area contributed by atoms with Crippen LogP contribution < -0.4 is 10.6 Å². The van der Waals surface area contributed by atoms with Gasteiger partial charge < -0.3 is 10.6 Å². The van der Waals surface area contributed by atoms with Gasteiger partial charge in [-0.3, -0.25) is 4.99 Å². The highest BCUT2D eigenvalue weighted by molar-refractivity contribution is 7.99. The first kappa shape index (κ1) is 19.8. The van der Waals surface area contributed by atoms with Gasteiger partial charge in [0.05, 0.1) is 5.75 Å². The number of aliphatic imine (C=N–C) groups is 1. The Morgan fingerprint density at radius 2 is 1.78 bits per heavy atom. The fraction of sp³-hybridized carbons (Fsp3) is 0.533. The maximum Gasteiger partial charge on any atom is 0.190 e. The Labute approximate surface area is 142 Å². The smallest absolute Gasteiger partial charge is 0.190 e. The molecule has 0 fully saturated rings. The van der Waals surface area contributed by atoms with Crippen LogP contribution in [0.15, 0.2) is 34.2 Å². The number of nitrogens with zero attached hydrogens (tertiary/aromatic N) is 1. The van der Waals surface area contributed by atoms with Crippen molar-refractivity contribution in [2.24, 2.45) is 4.99 Å². The Morgan fingerprint density at radius 1 is 1.17 bits per heavy atom. The maximum atomic E-state index is 12.8. The van der Waals surface area contributed by atoms with Crippen molar-refractivity contribution in [1.29, 1.82) is 0 Å². The zero-order valence-corrected chi connectivity index (χ0v) is 15.1. The predicted octanol–water partition coefficient (Wildman–Crippen LogP) is 1.91. The number of halogens is 1. The van der Waals surface area contributed by atoms with Crippen molar-refractivity contribution in [1.82, 2.24) is 10.6 Å². The van der Waals surface area contributed by atoms with Gasteiger partial charge >= 0.3 is 0 Å². The molecule has 5 nitrogen and oxygen atoms in total. The molecule has 1 aromatic carbocycles. The molecule has 0 atom stereocenters. The monoisotopic (exact) mass is 361 g/mol. The molecule has 0 aliphatic rings. The molecule has 8 heteroatoms. The van der Waals surface area contributed by atoms with E-state index in [0.717, 1.165) is 23.6 Å². The zero-order chi connectivity index (χ0) is 17.1. The molecule has 0 bridgehead atoms. The van der Waals surface area contributed by atoms with Crippen LogP contribution in [0.3, 0.4) is 0 Å². The molecule has 0 saturated heterocycles. The number of rotatable bonds is 9. The van der Waals surface area contributed by atoms with Crippen LogP contribution in [0.1, 0.15) is 12.8 Å². The van der Waals surface area contributed by atoms with Crippen LogP contribution in [0.5, 0.6) is 0 Å².